The molecule has 9 nitrogen and oxygen atoms in total. The summed E-state index contributed by atoms with van der Waals surface area (Å²) in [5, 5.41) is 12.2. The van der Waals surface area contributed by atoms with Gasteiger partial charge in [0.05, 0.1) is 12.3 Å². The van der Waals surface area contributed by atoms with E-state index in [4.69, 9.17) is 9.47 Å². The number of benzene rings is 2. The summed E-state index contributed by atoms with van der Waals surface area (Å²) in [4.78, 5) is 41.2. The number of hydrogen-bond acceptors (Lipinski definition) is 6. The zero-order valence-electron chi connectivity index (χ0n) is 27.8. The summed E-state index contributed by atoms with van der Waals surface area (Å²) in [6, 6.07) is 14.7. The van der Waals surface area contributed by atoms with Crippen molar-refractivity contribution in [3.8, 4) is 11.1 Å². The molecule has 0 fully saturated rings. The number of nitrogens with zero attached hydrogens (tertiary/aromatic N) is 2. The number of aliphatic carboxylic acids is 1. The van der Waals surface area contributed by atoms with Crippen LogP contribution in [-0.2, 0) is 20.7 Å². The number of rotatable bonds is 21. The van der Waals surface area contributed by atoms with E-state index in [0.29, 0.717) is 12.3 Å². The number of imidazole rings is 1. The third kappa shape index (κ3) is 11.3. The number of unbranched alkanes of at least 4 members (excludes halogenated alkanes) is 13. The maximum Gasteiger partial charge on any atom is 0.419 e. The average Bonchev–Trinajstić information content (AvgIpc) is 3.68. The lowest BCUT2D eigenvalue weighted by Crippen LogP contribution is -2.43. The SMILES string of the molecule is CCCCCCCCCCCCCCCCOC(=O)n1cnc(C[C@@H](NC(=O)OCC2c3ccccc3-c3ccccc32)C(=O)O)c1. The van der Waals surface area contributed by atoms with Gasteiger partial charge in [0.1, 0.15) is 19.0 Å². The Labute approximate surface area is 279 Å². The van der Waals surface area contributed by atoms with E-state index in [0.717, 1.165) is 41.5 Å². The molecule has 1 amide bonds. The second-order valence-corrected chi connectivity index (χ2v) is 12.5. The van der Waals surface area contributed by atoms with Crippen molar-refractivity contribution in [2.24, 2.45) is 0 Å². The molecule has 2 aromatic carbocycles. The molecule has 0 saturated carbocycles. The van der Waals surface area contributed by atoms with Gasteiger partial charge in [0.15, 0.2) is 0 Å². The van der Waals surface area contributed by atoms with Gasteiger partial charge in [-0.25, -0.2) is 23.9 Å². The van der Waals surface area contributed by atoms with Gasteiger partial charge >= 0.3 is 18.2 Å². The first kappa shape index (κ1) is 35.7. The number of fused-ring (bicyclic) bond motifs is 3. The molecule has 1 aromatic heterocycles. The highest BCUT2D eigenvalue weighted by atomic mass is 16.6. The Hall–Kier alpha value is -4.14. The number of ether oxygens (including phenoxy) is 2. The van der Waals surface area contributed by atoms with Gasteiger partial charge in [0.2, 0.25) is 0 Å². The van der Waals surface area contributed by atoms with Crippen LogP contribution in [0.15, 0.2) is 61.1 Å². The number of carbonyl (C=O) groups is 3. The maximum absolute atomic E-state index is 12.7. The third-order valence-corrected chi connectivity index (χ3v) is 8.92. The highest BCUT2D eigenvalue weighted by Gasteiger charge is 2.30. The number of hydrogen-bond donors (Lipinski definition) is 2. The van der Waals surface area contributed by atoms with Crippen molar-refractivity contribution in [1.29, 1.82) is 0 Å². The standard InChI is InChI=1S/C38H51N3O6/c1-2-3-4-5-6-7-8-9-10-11-12-13-14-19-24-46-38(45)41-26-29(39-28-41)25-35(36(42)43)40-37(44)47-27-34-32-22-17-15-20-30(32)31-21-16-18-23-33(31)34/h15-18,20-23,26,28,34-35H,2-14,19,24-25,27H2,1H3,(H,40,44)(H,42,43)/t35-/m1/s1. The molecule has 0 spiro atoms. The zero-order valence-corrected chi connectivity index (χ0v) is 27.8. The van der Waals surface area contributed by atoms with E-state index in [1.165, 1.54) is 87.7 Å². The molecule has 0 radical (unpaired) electrons. The average molecular weight is 646 g/mol. The summed E-state index contributed by atoms with van der Waals surface area (Å²) < 4.78 is 12.1. The van der Waals surface area contributed by atoms with Gasteiger partial charge in [-0.2, -0.15) is 0 Å². The summed E-state index contributed by atoms with van der Waals surface area (Å²) >= 11 is 0. The zero-order chi connectivity index (χ0) is 33.3. The van der Waals surface area contributed by atoms with E-state index in [1.54, 1.807) is 0 Å². The van der Waals surface area contributed by atoms with Gasteiger partial charge < -0.3 is 19.9 Å². The molecular formula is C38H51N3O6. The Morgan fingerprint density at radius 1 is 0.787 bits per heavy atom. The first-order valence-corrected chi connectivity index (χ1v) is 17.5. The summed E-state index contributed by atoms with van der Waals surface area (Å²) in [6.45, 7) is 2.65. The number of carboxylic acid groups (broad SMARTS) is 1. The molecule has 2 N–H and O–H groups in total. The van der Waals surface area contributed by atoms with E-state index in [2.05, 4.69) is 17.2 Å². The molecule has 3 aromatic rings. The molecule has 1 aliphatic rings. The predicted octanol–water partition coefficient (Wildman–Crippen LogP) is 8.88. The molecule has 47 heavy (non-hydrogen) atoms. The molecular weight excluding hydrogens is 594 g/mol. The summed E-state index contributed by atoms with van der Waals surface area (Å²) in [5.41, 5.74) is 4.68. The number of amides is 1. The molecule has 254 valence electrons. The number of carbonyl (C=O) groups excluding carboxylic acids is 2. The van der Waals surface area contributed by atoms with Crippen molar-refractivity contribution in [2.45, 2.75) is 115 Å². The Morgan fingerprint density at radius 2 is 1.32 bits per heavy atom. The first-order valence-electron chi connectivity index (χ1n) is 17.5. The molecule has 1 atom stereocenters. The van der Waals surface area contributed by atoms with E-state index < -0.39 is 24.2 Å². The van der Waals surface area contributed by atoms with Crippen LogP contribution in [-0.4, -0.2) is 52.1 Å². The van der Waals surface area contributed by atoms with Crippen LogP contribution in [0.5, 0.6) is 0 Å². The van der Waals surface area contributed by atoms with Gasteiger partial charge in [-0.05, 0) is 28.7 Å². The van der Waals surface area contributed by atoms with Crippen LogP contribution in [0.1, 0.15) is 120 Å². The van der Waals surface area contributed by atoms with Crippen molar-refractivity contribution < 1.29 is 29.0 Å². The number of alkyl carbamates (subject to hydrolysis) is 1. The van der Waals surface area contributed by atoms with Crippen molar-refractivity contribution in [2.75, 3.05) is 13.2 Å². The second kappa shape index (κ2) is 19.5. The molecule has 1 heterocycles. The van der Waals surface area contributed by atoms with Crippen molar-refractivity contribution in [1.82, 2.24) is 14.9 Å². The van der Waals surface area contributed by atoms with Gasteiger partial charge in [-0.1, -0.05) is 139 Å². The van der Waals surface area contributed by atoms with Crippen LogP contribution in [0.4, 0.5) is 9.59 Å². The minimum atomic E-state index is -1.28. The van der Waals surface area contributed by atoms with Gasteiger partial charge in [0, 0.05) is 18.5 Å². The van der Waals surface area contributed by atoms with Crippen molar-refractivity contribution >= 4 is 18.2 Å². The largest absolute Gasteiger partial charge is 0.480 e. The molecule has 0 saturated heterocycles. The molecule has 1 aliphatic carbocycles. The highest BCUT2D eigenvalue weighted by molar-refractivity contribution is 5.81. The first-order chi connectivity index (χ1) is 23.0. The molecule has 9 heteroatoms. The molecule has 0 aliphatic heterocycles. The van der Waals surface area contributed by atoms with E-state index in [1.807, 2.05) is 48.5 Å². The van der Waals surface area contributed by atoms with Crippen LogP contribution in [0, 0.1) is 0 Å². The van der Waals surface area contributed by atoms with E-state index >= 15 is 0 Å². The Kier molecular flexibility index (Phi) is 14.8. The summed E-state index contributed by atoms with van der Waals surface area (Å²) in [7, 11) is 0. The molecule has 0 unspecified atom stereocenters. The highest BCUT2D eigenvalue weighted by Crippen LogP contribution is 2.44. The Bertz CT molecular complexity index is 1370. The molecule has 0 bridgehead atoms. The number of carboxylic acids is 1. The Morgan fingerprint density at radius 3 is 1.87 bits per heavy atom. The lowest BCUT2D eigenvalue weighted by atomic mass is 9.98. The summed E-state index contributed by atoms with van der Waals surface area (Å²) in [5.74, 6) is -1.36. The van der Waals surface area contributed by atoms with Crippen LogP contribution >= 0.6 is 0 Å². The maximum atomic E-state index is 12.7. The Balaban J connectivity index is 1.10. The van der Waals surface area contributed by atoms with Crippen LogP contribution in [0.3, 0.4) is 0 Å². The van der Waals surface area contributed by atoms with Gasteiger partial charge in [-0.3, -0.25) is 0 Å². The number of nitrogens with one attached hydrogen (secondary N) is 1. The van der Waals surface area contributed by atoms with E-state index in [-0.39, 0.29) is 18.9 Å². The number of aromatic nitrogens is 2. The lowest BCUT2D eigenvalue weighted by Gasteiger charge is -2.17. The lowest BCUT2D eigenvalue weighted by molar-refractivity contribution is -0.139. The fraction of sp³-hybridized carbons (Fsp3) is 0.526. The third-order valence-electron chi connectivity index (χ3n) is 8.92. The topological polar surface area (TPSA) is 120 Å². The smallest absolute Gasteiger partial charge is 0.419 e. The predicted molar refractivity (Wildman–Crippen MR) is 183 cm³/mol. The summed E-state index contributed by atoms with van der Waals surface area (Å²) in [6.07, 6.45) is 18.8. The van der Waals surface area contributed by atoms with Crippen LogP contribution < -0.4 is 5.32 Å². The fourth-order valence-electron chi connectivity index (χ4n) is 6.29. The monoisotopic (exact) mass is 645 g/mol. The van der Waals surface area contributed by atoms with E-state index in [9.17, 15) is 19.5 Å². The quantitative estimate of drug-likeness (QED) is 0.111. The van der Waals surface area contributed by atoms with Crippen LogP contribution in [0.25, 0.3) is 11.1 Å². The van der Waals surface area contributed by atoms with Gasteiger partial charge in [-0.15, -0.1) is 0 Å². The minimum Gasteiger partial charge on any atom is -0.480 e. The van der Waals surface area contributed by atoms with Crippen molar-refractivity contribution in [3.63, 3.8) is 0 Å². The second-order valence-electron chi connectivity index (χ2n) is 12.5. The minimum absolute atomic E-state index is 0.0754. The van der Waals surface area contributed by atoms with Crippen molar-refractivity contribution in [3.05, 3.63) is 77.9 Å². The van der Waals surface area contributed by atoms with Crippen LogP contribution in [0.2, 0.25) is 0 Å². The molecule has 4 rings (SSSR count). The normalized spacial score (nSPS) is 12.7. The fourth-order valence-corrected chi connectivity index (χ4v) is 6.29. The van der Waals surface area contributed by atoms with Gasteiger partial charge in [0.25, 0.3) is 0 Å².